The molecule has 5 heteroatoms. The Bertz CT molecular complexity index is 391. The molecule has 0 aliphatic rings. The summed E-state index contributed by atoms with van der Waals surface area (Å²) in [5.74, 6) is 2.59. The van der Waals surface area contributed by atoms with Crippen LogP contribution in [0.1, 0.15) is 53.3 Å². The summed E-state index contributed by atoms with van der Waals surface area (Å²) < 4.78 is 2.17. The average Bonchev–Trinajstić information content (AvgIpc) is 2.75. The molecule has 1 unspecified atom stereocenters. The maximum absolute atomic E-state index is 5.75. The molecule has 0 spiro atoms. The molecule has 0 bridgehead atoms. The number of nitrogens with one attached hydrogen (secondary N) is 1. The first-order chi connectivity index (χ1) is 9.43. The molecule has 1 aromatic rings. The summed E-state index contributed by atoms with van der Waals surface area (Å²) in [4.78, 5) is 0. The topological polar surface area (TPSA) is 68.8 Å². The first-order valence-corrected chi connectivity index (χ1v) is 7.80. The maximum Gasteiger partial charge on any atom is 0.224 e. The van der Waals surface area contributed by atoms with Gasteiger partial charge >= 0.3 is 0 Å². The lowest BCUT2D eigenvalue weighted by Crippen LogP contribution is -2.24. The first-order valence-electron chi connectivity index (χ1n) is 7.80. The molecule has 0 amide bonds. The second-order valence-electron chi connectivity index (χ2n) is 6.39. The van der Waals surface area contributed by atoms with Gasteiger partial charge in [0.05, 0.1) is 0 Å². The predicted octanol–water partition coefficient (Wildman–Crippen LogP) is 2.67. The van der Waals surface area contributed by atoms with E-state index in [1.807, 2.05) is 0 Å². The fourth-order valence-electron chi connectivity index (χ4n) is 2.66. The number of aromatic nitrogens is 3. The Labute approximate surface area is 123 Å². The van der Waals surface area contributed by atoms with Crippen molar-refractivity contribution in [1.29, 1.82) is 0 Å². The van der Waals surface area contributed by atoms with Gasteiger partial charge in [-0.2, -0.15) is 0 Å². The third kappa shape index (κ3) is 4.47. The van der Waals surface area contributed by atoms with Gasteiger partial charge in [-0.1, -0.05) is 20.8 Å². The van der Waals surface area contributed by atoms with Crippen molar-refractivity contribution in [1.82, 2.24) is 14.8 Å². The largest absolute Gasteiger partial charge is 0.355 e. The second kappa shape index (κ2) is 7.62. The number of rotatable bonds is 8. The first kappa shape index (κ1) is 17.0. The third-order valence-corrected chi connectivity index (χ3v) is 3.93. The number of aryl methyl sites for hydroxylation is 1. The summed E-state index contributed by atoms with van der Waals surface area (Å²) in [6, 6.07) is 0. The Kier molecular flexibility index (Phi) is 6.46. The Morgan fingerprint density at radius 3 is 2.40 bits per heavy atom. The quantitative estimate of drug-likeness (QED) is 0.768. The molecule has 20 heavy (non-hydrogen) atoms. The molecule has 0 saturated carbocycles. The Hall–Kier alpha value is -1.10. The molecule has 0 aliphatic heterocycles. The van der Waals surface area contributed by atoms with Gasteiger partial charge in [0, 0.05) is 19.5 Å². The van der Waals surface area contributed by atoms with Gasteiger partial charge in [-0.3, -0.25) is 4.57 Å². The fraction of sp³-hybridized carbons (Fsp3) is 0.867. The number of hydrogen-bond donors (Lipinski definition) is 2. The molecule has 0 fully saturated rings. The van der Waals surface area contributed by atoms with Crippen LogP contribution in [0.2, 0.25) is 0 Å². The van der Waals surface area contributed by atoms with Gasteiger partial charge in [0.1, 0.15) is 5.82 Å². The van der Waals surface area contributed by atoms with Crippen molar-refractivity contribution in [3.05, 3.63) is 5.82 Å². The lowest BCUT2D eigenvalue weighted by Gasteiger charge is -2.30. The maximum atomic E-state index is 5.75. The SMILES string of the molecule is CCNc1nnc(CCC(CCN)C(C)(C)C)n1CC. The number of hydrogen-bond acceptors (Lipinski definition) is 4. The Balaban J connectivity index is 2.72. The highest BCUT2D eigenvalue weighted by atomic mass is 15.3. The highest BCUT2D eigenvalue weighted by Crippen LogP contribution is 2.32. The van der Waals surface area contributed by atoms with Crippen LogP contribution >= 0.6 is 0 Å². The van der Waals surface area contributed by atoms with E-state index in [-0.39, 0.29) is 0 Å². The molecular formula is C15H31N5. The van der Waals surface area contributed by atoms with E-state index >= 15 is 0 Å². The zero-order valence-corrected chi connectivity index (χ0v) is 13.7. The van der Waals surface area contributed by atoms with Crippen molar-refractivity contribution in [2.45, 2.75) is 60.4 Å². The van der Waals surface area contributed by atoms with E-state index in [9.17, 15) is 0 Å². The minimum absolute atomic E-state index is 0.293. The molecule has 1 atom stereocenters. The molecule has 3 N–H and O–H groups in total. The minimum atomic E-state index is 0.293. The fourth-order valence-corrected chi connectivity index (χ4v) is 2.66. The van der Waals surface area contributed by atoms with Crippen molar-refractivity contribution in [3.63, 3.8) is 0 Å². The summed E-state index contributed by atoms with van der Waals surface area (Å²) in [7, 11) is 0. The predicted molar refractivity (Wildman–Crippen MR) is 84.8 cm³/mol. The van der Waals surface area contributed by atoms with E-state index in [2.05, 4.69) is 54.7 Å². The second-order valence-corrected chi connectivity index (χ2v) is 6.39. The monoisotopic (exact) mass is 281 g/mol. The van der Waals surface area contributed by atoms with Crippen LogP contribution in [0, 0.1) is 11.3 Å². The zero-order valence-electron chi connectivity index (χ0n) is 13.7. The molecule has 0 radical (unpaired) electrons. The molecule has 1 heterocycles. The zero-order chi connectivity index (χ0) is 15.2. The smallest absolute Gasteiger partial charge is 0.224 e. The summed E-state index contributed by atoms with van der Waals surface area (Å²) >= 11 is 0. The van der Waals surface area contributed by atoms with Crippen LogP contribution in [0.15, 0.2) is 0 Å². The molecule has 5 nitrogen and oxygen atoms in total. The van der Waals surface area contributed by atoms with Crippen LogP contribution in [0.3, 0.4) is 0 Å². The van der Waals surface area contributed by atoms with Gasteiger partial charge < -0.3 is 11.1 Å². The Morgan fingerprint density at radius 1 is 1.20 bits per heavy atom. The highest BCUT2D eigenvalue weighted by Gasteiger charge is 2.24. The number of nitrogens with two attached hydrogens (primary N) is 1. The summed E-state index contributed by atoms with van der Waals surface area (Å²) in [5.41, 5.74) is 6.04. The van der Waals surface area contributed by atoms with Crippen LogP contribution in [-0.4, -0.2) is 27.9 Å². The summed E-state index contributed by atoms with van der Waals surface area (Å²) in [5, 5.41) is 11.8. The Morgan fingerprint density at radius 2 is 1.90 bits per heavy atom. The van der Waals surface area contributed by atoms with E-state index < -0.39 is 0 Å². The van der Waals surface area contributed by atoms with Crippen LogP contribution < -0.4 is 11.1 Å². The number of anilines is 1. The van der Waals surface area contributed by atoms with E-state index in [0.29, 0.717) is 11.3 Å². The van der Waals surface area contributed by atoms with Crippen LogP contribution in [0.25, 0.3) is 0 Å². The third-order valence-electron chi connectivity index (χ3n) is 3.93. The molecule has 1 aromatic heterocycles. The van der Waals surface area contributed by atoms with Crippen LogP contribution in [-0.2, 0) is 13.0 Å². The molecule has 1 rings (SSSR count). The van der Waals surface area contributed by atoms with Crippen molar-refractivity contribution >= 4 is 5.95 Å². The molecule has 0 saturated heterocycles. The van der Waals surface area contributed by atoms with Gasteiger partial charge in [0.2, 0.25) is 5.95 Å². The van der Waals surface area contributed by atoms with Gasteiger partial charge in [-0.05, 0) is 44.6 Å². The van der Waals surface area contributed by atoms with E-state index in [1.54, 1.807) is 0 Å². The van der Waals surface area contributed by atoms with E-state index in [1.165, 1.54) is 0 Å². The van der Waals surface area contributed by atoms with Gasteiger partial charge in [0.15, 0.2) is 0 Å². The average molecular weight is 281 g/mol. The van der Waals surface area contributed by atoms with Crippen molar-refractivity contribution < 1.29 is 0 Å². The van der Waals surface area contributed by atoms with Gasteiger partial charge in [0.25, 0.3) is 0 Å². The normalized spacial score (nSPS) is 13.5. The van der Waals surface area contributed by atoms with Crippen LogP contribution in [0.5, 0.6) is 0 Å². The minimum Gasteiger partial charge on any atom is -0.355 e. The van der Waals surface area contributed by atoms with Crippen molar-refractivity contribution in [2.75, 3.05) is 18.4 Å². The van der Waals surface area contributed by atoms with Crippen molar-refractivity contribution in [2.24, 2.45) is 17.1 Å². The van der Waals surface area contributed by atoms with Crippen LogP contribution in [0.4, 0.5) is 5.95 Å². The van der Waals surface area contributed by atoms with Gasteiger partial charge in [-0.25, -0.2) is 0 Å². The summed E-state index contributed by atoms with van der Waals surface area (Å²) in [6.45, 7) is 13.6. The lowest BCUT2D eigenvalue weighted by molar-refractivity contribution is 0.213. The molecule has 0 aromatic carbocycles. The summed E-state index contributed by atoms with van der Waals surface area (Å²) in [6.07, 6.45) is 3.16. The van der Waals surface area contributed by atoms with E-state index in [4.69, 9.17) is 5.73 Å². The molecule has 0 aliphatic carbocycles. The standard InChI is InChI=1S/C15H31N5/c1-6-17-14-19-18-13(20(14)7-2)9-8-12(10-11-16)15(3,4)5/h12H,6-11,16H2,1-5H3,(H,17,19). The van der Waals surface area contributed by atoms with E-state index in [0.717, 1.165) is 50.7 Å². The van der Waals surface area contributed by atoms with Crippen molar-refractivity contribution in [3.8, 4) is 0 Å². The van der Waals surface area contributed by atoms with Gasteiger partial charge in [-0.15, -0.1) is 10.2 Å². The molecular weight excluding hydrogens is 250 g/mol. The molecule has 116 valence electrons. The number of nitrogens with zero attached hydrogens (tertiary/aromatic N) is 3. The lowest BCUT2D eigenvalue weighted by atomic mass is 9.76. The highest BCUT2D eigenvalue weighted by molar-refractivity contribution is 5.25.